The van der Waals surface area contributed by atoms with E-state index < -0.39 is 33.8 Å². The third kappa shape index (κ3) is 5.60. The van der Waals surface area contributed by atoms with Gasteiger partial charge >= 0.3 is 12.2 Å². The molecule has 0 saturated carbocycles. The van der Waals surface area contributed by atoms with Crippen molar-refractivity contribution >= 4 is 33.3 Å². The Morgan fingerprint density at radius 1 is 1.27 bits per heavy atom. The van der Waals surface area contributed by atoms with Crippen molar-refractivity contribution in [3.05, 3.63) is 48.3 Å². The van der Waals surface area contributed by atoms with E-state index in [4.69, 9.17) is 5.14 Å². The Labute approximate surface area is 188 Å². The highest BCUT2D eigenvalue weighted by atomic mass is 32.2. The fraction of sp³-hybridized carbons (Fsp3) is 0.350. The third-order valence-electron chi connectivity index (χ3n) is 5.13. The minimum Gasteiger partial charge on any atom is -0.325 e. The molecule has 1 aliphatic heterocycles. The standard InChI is InChI=1S/C20H22F3N5O4S/c1-12(2)16-10-27(14-6-7-17(25-9-14)20(21,22)23)19(30)28(16)11-18(29)26-13-4-3-5-15(8-13)33(24,31)32/h3-9,12,16H,10-11H2,1-2H3,(H,26,29)(H2,24,31,32)/t16-/m1/s1. The summed E-state index contributed by atoms with van der Waals surface area (Å²) >= 11 is 0. The van der Waals surface area contributed by atoms with Gasteiger partial charge in [-0.1, -0.05) is 19.9 Å². The molecule has 1 aliphatic rings. The second-order valence-electron chi connectivity index (χ2n) is 7.85. The molecule has 3 rings (SSSR count). The van der Waals surface area contributed by atoms with Crippen LogP contribution < -0.4 is 15.4 Å². The number of halogens is 3. The summed E-state index contributed by atoms with van der Waals surface area (Å²) in [6, 6.07) is 6.36. The molecule has 0 spiro atoms. The fourth-order valence-electron chi connectivity index (χ4n) is 3.45. The molecule has 3 N–H and O–H groups in total. The van der Waals surface area contributed by atoms with Crippen LogP contribution in [0.5, 0.6) is 0 Å². The highest BCUT2D eigenvalue weighted by Crippen LogP contribution is 2.31. The van der Waals surface area contributed by atoms with E-state index >= 15 is 0 Å². The number of nitrogens with two attached hydrogens (primary N) is 1. The van der Waals surface area contributed by atoms with Crippen LogP contribution in [0.25, 0.3) is 0 Å². The number of nitrogens with zero attached hydrogens (tertiary/aromatic N) is 3. The van der Waals surface area contributed by atoms with E-state index in [-0.39, 0.29) is 41.3 Å². The first kappa shape index (κ1) is 24.5. The minimum absolute atomic E-state index is 0.0557. The number of carbonyl (C=O) groups excluding carboxylic acids is 2. The molecule has 2 aromatic rings. The Balaban J connectivity index is 1.76. The van der Waals surface area contributed by atoms with Gasteiger partial charge in [-0.2, -0.15) is 13.2 Å². The Morgan fingerprint density at radius 2 is 1.97 bits per heavy atom. The molecule has 0 unspecified atom stereocenters. The number of alkyl halides is 3. The van der Waals surface area contributed by atoms with Gasteiger partial charge in [-0.15, -0.1) is 0 Å². The molecule has 9 nitrogen and oxygen atoms in total. The van der Waals surface area contributed by atoms with Gasteiger partial charge in [-0.25, -0.2) is 23.3 Å². The van der Waals surface area contributed by atoms with Crippen LogP contribution in [0.1, 0.15) is 19.5 Å². The number of sulfonamides is 1. The minimum atomic E-state index is -4.60. The number of nitrogens with one attached hydrogen (secondary N) is 1. The summed E-state index contributed by atoms with van der Waals surface area (Å²) < 4.78 is 61.3. The number of rotatable bonds is 6. The zero-order valence-electron chi connectivity index (χ0n) is 17.7. The molecule has 0 bridgehead atoms. The number of pyridine rings is 1. The SMILES string of the molecule is CC(C)[C@H]1CN(c2ccc(C(F)(F)F)nc2)C(=O)N1CC(=O)Nc1cccc(S(N)(=O)=O)c1. The monoisotopic (exact) mass is 485 g/mol. The first-order chi connectivity index (χ1) is 15.3. The average molecular weight is 485 g/mol. The maximum Gasteiger partial charge on any atom is 0.433 e. The van der Waals surface area contributed by atoms with Crippen molar-refractivity contribution in [1.29, 1.82) is 0 Å². The Kier molecular flexibility index (Phi) is 6.65. The van der Waals surface area contributed by atoms with Gasteiger partial charge in [-0.3, -0.25) is 9.69 Å². The molecule has 13 heteroatoms. The van der Waals surface area contributed by atoms with E-state index in [1.807, 2.05) is 13.8 Å². The predicted octanol–water partition coefficient (Wildman–Crippen LogP) is 2.65. The van der Waals surface area contributed by atoms with Gasteiger partial charge in [-0.05, 0) is 36.2 Å². The van der Waals surface area contributed by atoms with Gasteiger partial charge in [0, 0.05) is 12.2 Å². The molecular formula is C20H22F3N5O4S. The van der Waals surface area contributed by atoms with Crippen LogP contribution in [0.2, 0.25) is 0 Å². The lowest BCUT2D eigenvalue weighted by atomic mass is 10.0. The molecule has 1 fully saturated rings. The van der Waals surface area contributed by atoms with E-state index in [2.05, 4.69) is 10.3 Å². The maximum absolute atomic E-state index is 13.0. The van der Waals surface area contributed by atoms with Crippen LogP contribution in [0.4, 0.5) is 29.3 Å². The van der Waals surface area contributed by atoms with Crippen molar-refractivity contribution in [1.82, 2.24) is 9.88 Å². The van der Waals surface area contributed by atoms with E-state index in [1.54, 1.807) is 0 Å². The number of benzene rings is 1. The summed E-state index contributed by atoms with van der Waals surface area (Å²) in [6.07, 6.45) is -3.63. The number of aromatic nitrogens is 1. The Bertz CT molecular complexity index is 1150. The molecular weight excluding hydrogens is 463 g/mol. The van der Waals surface area contributed by atoms with Gasteiger partial charge in [0.25, 0.3) is 0 Å². The highest BCUT2D eigenvalue weighted by molar-refractivity contribution is 7.89. The van der Waals surface area contributed by atoms with Crippen LogP contribution >= 0.6 is 0 Å². The largest absolute Gasteiger partial charge is 0.433 e. The molecule has 1 aromatic carbocycles. The van der Waals surface area contributed by atoms with Crippen molar-refractivity contribution < 1.29 is 31.2 Å². The summed E-state index contributed by atoms with van der Waals surface area (Å²) in [5.74, 6) is -0.632. The van der Waals surface area contributed by atoms with E-state index in [9.17, 15) is 31.2 Å². The lowest BCUT2D eigenvalue weighted by Crippen LogP contribution is -2.42. The van der Waals surface area contributed by atoms with Crippen LogP contribution in [-0.4, -0.2) is 49.4 Å². The number of anilines is 2. The second kappa shape index (κ2) is 8.98. The molecule has 0 aliphatic carbocycles. The van der Waals surface area contributed by atoms with Gasteiger partial charge in [0.1, 0.15) is 12.2 Å². The normalized spacial score (nSPS) is 17.1. The van der Waals surface area contributed by atoms with Crippen LogP contribution in [-0.2, 0) is 21.0 Å². The van der Waals surface area contributed by atoms with E-state index in [0.717, 1.165) is 18.3 Å². The summed E-state index contributed by atoms with van der Waals surface area (Å²) in [4.78, 5) is 31.4. The van der Waals surface area contributed by atoms with E-state index in [0.29, 0.717) is 0 Å². The summed E-state index contributed by atoms with van der Waals surface area (Å²) in [7, 11) is -3.96. The second-order valence-corrected chi connectivity index (χ2v) is 9.41. The summed E-state index contributed by atoms with van der Waals surface area (Å²) in [5.41, 5.74) is -0.707. The van der Waals surface area contributed by atoms with Crippen LogP contribution in [0.15, 0.2) is 47.5 Å². The summed E-state index contributed by atoms with van der Waals surface area (Å²) in [6.45, 7) is 3.53. The van der Waals surface area contributed by atoms with Gasteiger partial charge in [0.05, 0.1) is 22.8 Å². The molecule has 3 amide bonds. The van der Waals surface area contributed by atoms with Crippen molar-refractivity contribution in [3.8, 4) is 0 Å². The Hall–Kier alpha value is -3.19. The van der Waals surface area contributed by atoms with Crippen molar-refractivity contribution in [3.63, 3.8) is 0 Å². The zero-order valence-corrected chi connectivity index (χ0v) is 18.5. The number of hydrogen-bond acceptors (Lipinski definition) is 5. The molecule has 1 aromatic heterocycles. The van der Waals surface area contributed by atoms with Crippen molar-refractivity contribution in [2.75, 3.05) is 23.3 Å². The highest BCUT2D eigenvalue weighted by Gasteiger charge is 2.41. The third-order valence-corrected chi connectivity index (χ3v) is 6.04. The maximum atomic E-state index is 13.0. The molecule has 33 heavy (non-hydrogen) atoms. The van der Waals surface area contributed by atoms with Crippen molar-refractivity contribution in [2.45, 2.75) is 31.0 Å². The lowest BCUT2D eigenvalue weighted by molar-refractivity contribution is -0.141. The number of primary sulfonamides is 1. The average Bonchev–Trinajstić information content (AvgIpc) is 3.03. The van der Waals surface area contributed by atoms with E-state index in [1.165, 1.54) is 34.1 Å². The summed E-state index contributed by atoms with van der Waals surface area (Å²) in [5, 5.41) is 7.63. The first-order valence-corrected chi connectivity index (χ1v) is 11.4. The number of carbonyl (C=O) groups is 2. The Morgan fingerprint density at radius 3 is 2.52 bits per heavy atom. The number of amides is 3. The smallest absolute Gasteiger partial charge is 0.325 e. The van der Waals surface area contributed by atoms with Gasteiger partial charge in [0.15, 0.2) is 0 Å². The number of urea groups is 1. The predicted molar refractivity (Wildman–Crippen MR) is 114 cm³/mol. The zero-order chi connectivity index (χ0) is 24.6. The molecule has 2 heterocycles. The molecule has 178 valence electrons. The lowest BCUT2D eigenvalue weighted by Gasteiger charge is -2.25. The van der Waals surface area contributed by atoms with Gasteiger partial charge in [0.2, 0.25) is 15.9 Å². The van der Waals surface area contributed by atoms with Crippen LogP contribution in [0.3, 0.4) is 0 Å². The van der Waals surface area contributed by atoms with Crippen LogP contribution in [0, 0.1) is 5.92 Å². The topological polar surface area (TPSA) is 126 Å². The fourth-order valence-corrected chi connectivity index (χ4v) is 4.01. The molecule has 1 saturated heterocycles. The molecule has 1 atom stereocenters. The molecule has 0 radical (unpaired) electrons. The first-order valence-electron chi connectivity index (χ1n) is 9.81. The van der Waals surface area contributed by atoms with Gasteiger partial charge < -0.3 is 10.2 Å². The quantitative estimate of drug-likeness (QED) is 0.651. The number of hydrogen-bond donors (Lipinski definition) is 2. The van der Waals surface area contributed by atoms with Crippen molar-refractivity contribution in [2.24, 2.45) is 11.1 Å².